The molecule has 3 aromatic rings. The molecule has 3 aliphatic rings. The first kappa shape index (κ1) is 22.2. The summed E-state index contributed by atoms with van der Waals surface area (Å²) in [6, 6.07) is 7.99. The number of carbonyl (C=O) groups is 1. The van der Waals surface area contributed by atoms with Crippen molar-refractivity contribution in [3.63, 3.8) is 0 Å². The molecule has 2 atom stereocenters. The molecule has 2 aliphatic heterocycles. The average molecular weight is 498 g/mol. The number of hydrogen-bond acceptors (Lipinski definition) is 6. The lowest BCUT2D eigenvalue weighted by Gasteiger charge is -2.29. The number of rotatable bonds is 4. The van der Waals surface area contributed by atoms with Crippen LogP contribution in [0.4, 0.5) is 0 Å². The molecule has 2 aromatic heterocycles. The van der Waals surface area contributed by atoms with Gasteiger partial charge < -0.3 is 9.64 Å². The molecule has 1 aromatic carbocycles. The Labute approximate surface area is 208 Å². The van der Waals surface area contributed by atoms with Crippen LogP contribution in [0.5, 0.6) is 0 Å². The van der Waals surface area contributed by atoms with Crippen molar-refractivity contribution in [2.75, 3.05) is 26.3 Å². The van der Waals surface area contributed by atoms with Gasteiger partial charge >= 0.3 is 0 Å². The lowest BCUT2D eigenvalue weighted by molar-refractivity contribution is -0.139. The highest BCUT2D eigenvalue weighted by atomic mass is 35.5. The molecule has 0 radical (unpaired) electrons. The van der Waals surface area contributed by atoms with Gasteiger partial charge in [0.1, 0.15) is 10.8 Å². The normalized spacial score (nSPS) is 21.6. The van der Waals surface area contributed by atoms with Crippen molar-refractivity contribution >= 4 is 28.8 Å². The summed E-state index contributed by atoms with van der Waals surface area (Å²) in [7, 11) is 0. The molecule has 6 rings (SSSR count). The maximum absolute atomic E-state index is 13.3. The number of amides is 1. The highest BCUT2D eigenvalue weighted by Gasteiger charge is 2.39. The molecular weight excluding hydrogens is 470 g/mol. The first-order valence-corrected chi connectivity index (χ1v) is 13.3. The molecule has 7 nitrogen and oxygen atoms in total. The molecule has 2 unspecified atom stereocenters. The van der Waals surface area contributed by atoms with Crippen molar-refractivity contribution in [3.8, 4) is 5.00 Å². The highest BCUT2D eigenvalue weighted by Crippen LogP contribution is 2.47. The molecular formula is C25H28ClN5O2S. The molecule has 1 amide bonds. The van der Waals surface area contributed by atoms with Gasteiger partial charge in [0.2, 0.25) is 5.91 Å². The van der Waals surface area contributed by atoms with Crippen LogP contribution < -0.4 is 5.32 Å². The number of hydrogen-bond donors (Lipinski definition) is 1. The van der Waals surface area contributed by atoms with Crippen LogP contribution >= 0.6 is 22.9 Å². The molecule has 1 fully saturated rings. The number of fused-ring (bicyclic) bond motifs is 5. The summed E-state index contributed by atoms with van der Waals surface area (Å²) >= 11 is 8.50. The summed E-state index contributed by atoms with van der Waals surface area (Å²) in [5.74, 6) is 2.18. The summed E-state index contributed by atoms with van der Waals surface area (Å²) < 4.78 is 7.71. The number of benzene rings is 1. The Morgan fingerprint density at radius 3 is 2.85 bits per heavy atom. The maximum atomic E-state index is 13.3. The Balaban J connectivity index is 1.44. The maximum Gasteiger partial charge on any atom is 0.226 e. The molecule has 0 saturated carbocycles. The predicted octanol–water partition coefficient (Wildman–Crippen LogP) is 3.70. The van der Waals surface area contributed by atoms with Crippen LogP contribution in [0, 0.1) is 5.92 Å². The van der Waals surface area contributed by atoms with Crippen molar-refractivity contribution in [1.82, 2.24) is 25.0 Å². The van der Waals surface area contributed by atoms with E-state index in [9.17, 15) is 4.79 Å². The van der Waals surface area contributed by atoms with Crippen LogP contribution in [0.25, 0.3) is 5.00 Å². The minimum absolute atomic E-state index is 0.00436. The lowest BCUT2D eigenvalue weighted by Crippen LogP contribution is -2.44. The van der Waals surface area contributed by atoms with Gasteiger partial charge in [-0.2, -0.15) is 0 Å². The number of halogens is 1. The van der Waals surface area contributed by atoms with Gasteiger partial charge in [0.15, 0.2) is 5.82 Å². The molecule has 1 saturated heterocycles. The Hall–Kier alpha value is -2.26. The Morgan fingerprint density at radius 1 is 1.24 bits per heavy atom. The SMILES string of the molecule is CCCc1nnc2n1-c1sc3c(c1C(c1ccccc1Cl)NC2)CC(C(=O)N1CCOCC1)C3. The number of ether oxygens (including phenoxy) is 1. The second-order valence-electron chi connectivity index (χ2n) is 9.22. The van der Waals surface area contributed by atoms with Gasteiger partial charge in [-0.05, 0) is 36.5 Å². The summed E-state index contributed by atoms with van der Waals surface area (Å²) in [6.07, 6.45) is 3.44. The average Bonchev–Trinajstić information content (AvgIpc) is 3.51. The van der Waals surface area contributed by atoms with Gasteiger partial charge in [0.05, 0.1) is 25.8 Å². The second-order valence-corrected chi connectivity index (χ2v) is 10.7. The number of aromatic nitrogens is 3. The van der Waals surface area contributed by atoms with Crippen LogP contribution in [-0.2, 0) is 35.3 Å². The van der Waals surface area contributed by atoms with E-state index in [1.54, 1.807) is 11.3 Å². The summed E-state index contributed by atoms with van der Waals surface area (Å²) in [5, 5.41) is 14.7. The first-order valence-electron chi connectivity index (χ1n) is 12.1. The van der Waals surface area contributed by atoms with Gasteiger partial charge in [-0.1, -0.05) is 36.7 Å². The molecule has 1 aliphatic carbocycles. The predicted molar refractivity (Wildman–Crippen MR) is 132 cm³/mol. The second kappa shape index (κ2) is 9.07. The van der Waals surface area contributed by atoms with E-state index in [2.05, 4.69) is 33.1 Å². The zero-order valence-electron chi connectivity index (χ0n) is 19.2. The van der Waals surface area contributed by atoms with E-state index < -0.39 is 0 Å². The van der Waals surface area contributed by atoms with E-state index in [-0.39, 0.29) is 17.9 Å². The van der Waals surface area contributed by atoms with Crippen LogP contribution in [0.15, 0.2) is 24.3 Å². The van der Waals surface area contributed by atoms with Gasteiger partial charge in [0.25, 0.3) is 0 Å². The zero-order chi connectivity index (χ0) is 23.2. The van der Waals surface area contributed by atoms with Crippen molar-refractivity contribution in [2.24, 2.45) is 5.92 Å². The summed E-state index contributed by atoms with van der Waals surface area (Å²) in [4.78, 5) is 16.6. The van der Waals surface area contributed by atoms with Gasteiger partial charge in [-0.25, -0.2) is 0 Å². The van der Waals surface area contributed by atoms with Crippen LogP contribution in [0.2, 0.25) is 5.02 Å². The third-order valence-corrected chi connectivity index (χ3v) is 8.71. The van der Waals surface area contributed by atoms with Crippen LogP contribution in [0.1, 0.15) is 52.6 Å². The number of nitrogens with one attached hydrogen (secondary N) is 1. The minimum Gasteiger partial charge on any atom is -0.378 e. The third-order valence-electron chi connectivity index (χ3n) is 7.11. The molecule has 0 spiro atoms. The van der Waals surface area contributed by atoms with Gasteiger partial charge in [0, 0.05) is 40.9 Å². The smallest absolute Gasteiger partial charge is 0.226 e. The number of carbonyl (C=O) groups excluding carboxylic acids is 1. The molecule has 178 valence electrons. The van der Waals surface area contributed by atoms with Crippen LogP contribution in [0.3, 0.4) is 0 Å². The van der Waals surface area contributed by atoms with Crippen molar-refractivity contribution in [1.29, 1.82) is 0 Å². The lowest BCUT2D eigenvalue weighted by atomic mass is 9.94. The van der Waals surface area contributed by atoms with Crippen LogP contribution in [-0.4, -0.2) is 51.9 Å². The third kappa shape index (κ3) is 3.68. The Bertz CT molecular complexity index is 1230. The Morgan fingerprint density at radius 2 is 2.06 bits per heavy atom. The van der Waals surface area contributed by atoms with Crippen molar-refractivity contribution < 1.29 is 9.53 Å². The molecule has 0 bridgehead atoms. The van der Waals surface area contributed by atoms with Crippen molar-refractivity contribution in [3.05, 3.63) is 62.5 Å². The highest BCUT2D eigenvalue weighted by molar-refractivity contribution is 7.15. The first-order chi connectivity index (χ1) is 16.7. The number of thiophene rings is 1. The molecule has 9 heteroatoms. The minimum atomic E-state index is -0.0582. The van der Waals surface area contributed by atoms with Gasteiger partial charge in [-0.15, -0.1) is 21.5 Å². The summed E-state index contributed by atoms with van der Waals surface area (Å²) in [5.41, 5.74) is 3.60. The zero-order valence-corrected chi connectivity index (χ0v) is 20.8. The fraction of sp³-hybridized carbons (Fsp3) is 0.480. The topological polar surface area (TPSA) is 72.3 Å². The fourth-order valence-electron chi connectivity index (χ4n) is 5.48. The van der Waals surface area contributed by atoms with E-state index in [0.717, 1.165) is 47.9 Å². The van der Waals surface area contributed by atoms with Gasteiger partial charge in [-0.3, -0.25) is 14.7 Å². The number of morpholine rings is 1. The number of aryl methyl sites for hydroxylation is 1. The Kier molecular flexibility index (Phi) is 5.93. The van der Waals surface area contributed by atoms with E-state index in [4.69, 9.17) is 16.3 Å². The largest absolute Gasteiger partial charge is 0.378 e. The number of nitrogens with zero attached hydrogens (tertiary/aromatic N) is 4. The summed E-state index contributed by atoms with van der Waals surface area (Å²) in [6.45, 7) is 5.42. The molecule has 1 N–H and O–H groups in total. The fourth-order valence-corrected chi connectivity index (χ4v) is 7.21. The quantitative estimate of drug-likeness (QED) is 0.595. The van der Waals surface area contributed by atoms with E-state index >= 15 is 0 Å². The molecule has 4 heterocycles. The standard InChI is InChI=1S/C25H28ClN5O2S/c1-2-5-20-28-29-21-14-27-23(16-6-3-4-7-18(16)26)22-17-12-15(13-19(17)34-25(22)31(20)21)24(32)30-8-10-33-11-9-30/h3-4,6-7,15,23,27H,2,5,8-14H2,1H3. The van der Waals surface area contributed by atoms with Crippen molar-refractivity contribution in [2.45, 2.75) is 45.2 Å². The van der Waals surface area contributed by atoms with E-state index in [1.165, 1.54) is 21.0 Å². The molecule has 34 heavy (non-hydrogen) atoms. The van der Waals surface area contributed by atoms with E-state index in [0.29, 0.717) is 32.8 Å². The monoisotopic (exact) mass is 497 g/mol. The van der Waals surface area contributed by atoms with E-state index in [1.807, 2.05) is 23.1 Å².